The first-order valence-electron chi connectivity index (χ1n) is 6.43. The zero-order valence-corrected chi connectivity index (χ0v) is 11.1. The summed E-state index contributed by atoms with van der Waals surface area (Å²) in [7, 11) is 0. The van der Waals surface area contributed by atoms with Crippen LogP contribution in [0.3, 0.4) is 0 Å². The third-order valence-corrected chi connectivity index (χ3v) is 3.28. The summed E-state index contributed by atoms with van der Waals surface area (Å²) in [5, 5.41) is 0. The van der Waals surface area contributed by atoms with Gasteiger partial charge in [0.2, 0.25) is 0 Å². The second-order valence-corrected chi connectivity index (χ2v) is 4.60. The van der Waals surface area contributed by atoms with Crippen molar-refractivity contribution in [2.24, 2.45) is 0 Å². The van der Waals surface area contributed by atoms with E-state index in [0.29, 0.717) is 16.8 Å². The number of benzene rings is 2. The first-order chi connectivity index (χ1) is 10.2. The molecule has 0 aliphatic carbocycles. The molecule has 0 spiro atoms. The number of amides is 2. The SMILES string of the molecule is C#Cc1cccc(N2C(=O)C=C(c3ccccc3)C2=O)c1. The van der Waals surface area contributed by atoms with Gasteiger partial charge in [-0.25, -0.2) is 4.90 Å². The molecule has 21 heavy (non-hydrogen) atoms. The van der Waals surface area contributed by atoms with Crippen LogP contribution >= 0.6 is 0 Å². The Morgan fingerprint density at radius 2 is 1.71 bits per heavy atom. The zero-order valence-electron chi connectivity index (χ0n) is 11.1. The molecule has 3 heteroatoms. The zero-order chi connectivity index (χ0) is 14.8. The summed E-state index contributed by atoms with van der Waals surface area (Å²) >= 11 is 0. The predicted octanol–water partition coefficient (Wildman–Crippen LogP) is 2.62. The quantitative estimate of drug-likeness (QED) is 0.623. The number of anilines is 1. The Labute approximate surface area is 122 Å². The molecular formula is C18H11NO2. The van der Waals surface area contributed by atoms with Crippen LogP contribution < -0.4 is 4.90 Å². The third-order valence-electron chi connectivity index (χ3n) is 3.28. The maximum absolute atomic E-state index is 12.5. The Hall–Kier alpha value is -3.12. The van der Waals surface area contributed by atoms with Gasteiger partial charge in [0.05, 0.1) is 11.3 Å². The fourth-order valence-electron chi connectivity index (χ4n) is 2.27. The minimum atomic E-state index is -0.354. The van der Waals surface area contributed by atoms with Crippen LogP contribution in [-0.4, -0.2) is 11.8 Å². The van der Waals surface area contributed by atoms with Crippen LogP contribution in [0.25, 0.3) is 5.57 Å². The van der Waals surface area contributed by atoms with Crippen molar-refractivity contribution in [1.29, 1.82) is 0 Å². The van der Waals surface area contributed by atoms with E-state index in [1.54, 1.807) is 36.4 Å². The molecule has 1 aliphatic heterocycles. The molecule has 2 aromatic rings. The number of terminal acetylenes is 1. The lowest BCUT2D eigenvalue weighted by Crippen LogP contribution is -2.30. The molecule has 0 N–H and O–H groups in total. The van der Waals surface area contributed by atoms with E-state index < -0.39 is 0 Å². The Morgan fingerprint density at radius 1 is 0.952 bits per heavy atom. The van der Waals surface area contributed by atoms with Crippen LogP contribution in [0, 0.1) is 12.3 Å². The number of hydrogen-bond donors (Lipinski definition) is 0. The maximum Gasteiger partial charge on any atom is 0.266 e. The molecule has 0 radical (unpaired) electrons. The van der Waals surface area contributed by atoms with Crippen LogP contribution in [0.5, 0.6) is 0 Å². The Morgan fingerprint density at radius 3 is 2.43 bits per heavy atom. The molecule has 0 fully saturated rings. The van der Waals surface area contributed by atoms with Crippen molar-refractivity contribution in [3.63, 3.8) is 0 Å². The topological polar surface area (TPSA) is 37.4 Å². The van der Waals surface area contributed by atoms with E-state index in [1.165, 1.54) is 6.08 Å². The van der Waals surface area contributed by atoms with Gasteiger partial charge in [0.15, 0.2) is 0 Å². The van der Waals surface area contributed by atoms with Crippen molar-refractivity contribution < 1.29 is 9.59 Å². The highest BCUT2D eigenvalue weighted by atomic mass is 16.2. The normalized spacial score (nSPS) is 14.0. The second-order valence-electron chi connectivity index (χ2n) is 4.60. The fourth-order valence-corrected chi connectivity index (χ4v) is 2.27. The monoisotopic (exact) mass is 273 g/mol. The third kappa shape index (κ3) is 2.24. The molecule has 0 bridgehead atoms. The van der Waals surface area contributed by atoms with Crippen LogP contribution in [-0.2, 0) is 9.59 Å². The molecule has 0 unspecified atom stereocenters. The first-order valence-corrected chi connectivity index (χ1v) is 6.43. The van der Waals surface area contributed by atoms with Gasteiger partial charge in [-0.2, -0.15) is 0 Å². The van der Waals surface area contributed by atoms with Gasteiger partial charge in [0, 0.05) is 11.6 Å². The molecule has 0 aromatic heterocycles. The van der Waals surface area contributed by atoms with E-state index in [2.05, 4.69) is 5.92 Å². The Kier molecular flexibility index (Phi) is 3.13. The van der Waals surface area contributed by atoms with Crippen LogP contribution in [0.4, 0.5) is 5.69 Å². The molecule has 1 heterocycles. The molecule has 2 aromatic carbocycles. The van der Waals surface area contributed by atoms with E-state index in [4.69, 9.17) is 6.42 Å². The first kappa shape index (κ1) is 12.9. The van der Waals surface area contributed by atoms with E-state index in [1.807, 2.05) is 18.2 Å². The molecule has 1 aliphatic rings. The summed E-state index contributed by atoms with van der Waals surface area (Å²) in [4.78, 5) is 25.8. The van der Waals surface area contributed by atoms with Gasteiger partial charge >= 0.3 is 0 Å². The summed E-state index contributed by atoms with van der Waals surface area (Å²) in [5.41, 5.74) is 2.24. The minimum absolute atomic E-state index is 0.333. The molecule has 2 amide bonds. The van der Waals surface area contributed by atoms with Crippen molar-refractivity contribution in [3.05, 3.63) is 71.8 Å². The minimum Gasteiger partial charge on any atom is -0.269 e. The lowest BCUT2D eigenvalue weighted by atomic mass is 10.1. The molecule has 3 rings (SSSR count). The number of nitrogens with zero attached hydrogens (tertiary/aromatic N) is 1. The maximum atomic E-state index is 12.5. The van der Waals surface area contributed by atoms with Gasteiger partial charge in [-0.15, -0.1) is 6.42 Å². The van der Waals surface area contributed by atoms with Gasteiger partial charge in [0.25, 0.3) is 11.8 Å². The molecule has 3 nitrogen and oxygen atoms in total. The van der Waals surface area contributed by atoms with Gasteiger partial charge in [0.1, 0.15) is 0 Å². The highest BCUT2D eigenvalue weighted by Crippen LogP contribution is 2.28. The molecule has 100 valence electrons. The Balaban J connectivity index is 1.99. The van der Waals surface area contributed by atoms with Crippen molar-refractivity contribution in [3.8, 4) is 12.3 Å². The number of carbonyl (C=O) groups is 2. The molecular weight excluding hydrogens is 262 g/mol. The predicted molar refractivity (Wildman–Crippen MR) is 81.3 cm³/mol. The summed E-state index contributed by atoms with van der Waals surface area (Å²) in [6, 6.07) is 15.9. The number of hydrogen-bond acceptors (Lipinski definition) is 2. The Bertz CT molecular complexity index is 797. The summed E-state index contributed by atoms with van der Waals surface area (Å²) < 4.78 is 0. The van der Waals surface area contributed by atoms with Crippen LogP contribution in [0.15, 0.2) is 60.7 Å². The van der Waals surface area contributed by atoms with E-state index >= 15 is 0 Å². The fraction of sp³-hybridized carbons (Fsp3) is 0. The van der Waals surface area contributed by atoms with Crippen molar-refractivity contribution in [1.82, 2.24) is 0 Å². The average molecular weight is 273 g/mol. The largest absolute Gasteiger partial charge is 0.269 e. The summed E-state index contributed by atoms with van der Waals surface area (Å²) in [6.45, 7) is 0. The summed E-state index contributed by atoms with van der Waals surface area (Å²) in [5.74, 6) is 1.81. The van der Waals surface area contributed by atoms with E-state index in [0.717, 1.165) is 10.5 Å². The average Bonchev–Trinajstić information content (AvgIpc) is 2.83. The second kappa shape index (κ2) is 5.10. The van der Waals surface area contributed by atoms with E-state index in [-0.39, 0.29) is 11.8 Å². The highest BCUT2D eigenvalue weighted by Gasteiger charge is 2.32. The number of imide groups is 1. The lowest BCUT2D eigenvalue weighted by molar-refractivity contribution is -0.119. The smallest absolute Gasteiger partial charge is 0.266 e. The lowest BCUT2D eigenvalue weighted by Gasteiger charge is -2.15. The van der Waals surface area contributed by atoms with Crippen molar-refractivity contribution >= 4 is 23.1 Å². The van der Waals surface area contributed by atoms with Gasteiger partial charge in [-0.1, -0.05) is 42.3 Å². The molecule has 0 saturated carbocycles. The summed E-state index contributed by atoms with van der Waals surface area (Å²) in [6.07, 6.45) is 6.71. The van der Waals surface area contributed by atoms with Gasteiger partial charge < -0.3 is 0 Å². The number of rotatable bonds is 2. The van der Waals surface area contributed by atoms with Crippen LogP contribution in [0.1, 0.15) is 11.1 Å². The van der Waals surface area contributed by atoms with E-state index in [9.17, 15) is 9.59 Å². The standard InChI is InChI=1S/C18H11NO2/c1-2-13-7-6-10-15(11-13)19-17(20)12-16(18(19)21)14-8-4-3-5-9-14/h1,3-12H. The van der Waals surface area contributed by atoms with Crippen LogP contribution in [0.2, 0.25) is 0 Å². The molecule has 0 atom stereocenters. The highest BCUT2D eigenvalue weighted by molar-refractivity contribution is 6.43. The van der Waals surface area contributed by atoms with Crippen molar-refractivity contribution in [2.45, 2.75) is 0 Å². The molecule has 0 saturated heterocycles. The van der Waals surface area contributed by atoms with Gasteiger partial charge in [-0.3, -0.25) is 9.59 Å². The van der Waals surface area contributed by atoms with Crippen molar-refractivity contribution in [2.75, 3.05) is 4.90 Å². The van der Waals surface area contributed by atoms with Gasteiger partial charge in [-0.05, 0) is 23.8 Å². The number of carbonyl (C=O) groups excluding carboxylic acids is 2.